The van der Waals surface area contributed by atoms with Crippen LogP contribution >= 0.6 is 0 Å². The average molecular weight is 431 g/mol. The number of aliphatic hydroxyl groups is 1. The first-order valence-corrected chi connectivity index (χ1v) is 11.7. The molecule has 2 heterocycles. The number of likely N-dealkylation sites (N-methyl/N-ethyl adjacent to an activating group) is 1. The lowest BCUT2D eigenvalue weighted by molar-refractivity contribution is 0.158. The molecule has 1 saturated carbocycles. The third kappa shape index (κ3) is 3.51. The number of rotatable bonds is 3. The number of fused-ring (bicyclic) bond motifs is 3. The highest BCUT2D eigenvalue weighted by atomic mass is 16.3. The summed E-state index contributed by atoms with van der Waals surface area (Å²) in [7, 11) is 2.03. The summed E-state index contributed by atoms with van der Waals surface area (Å²) in [6, 6.07) is 16.4. The molecule has 0 unspecified atom stereocenters. The van der Waals surface area contributed by atoms with E-state index >= 15 is 0 Å². The maximum atomic E-state index is 13.3. The Bertz CT molecular complexity index is 1060. The second-order valence-corrected chi connectivity index (χ2v) is 9.35. The number of hydrogen-bond acceptors (Lipinski definition) is 4. The molecule has 0 bridgehead atoms. The molecule has 2 amide bonds. The molecule has 6 heteroatoms. The van der Waals surface area contributed by atoms with Gasteiger partial charge < -0.3 is 20.2 Å². The molecule has 0 spiro atoms. The van der Waals surface area contributed by atoms with Gasteiger partial charge in [-0.3, -0.25) is 0 Å². The van der Waals surface area contributed by atoms with Crippen molar-refractivity contribution >= 4 is 11.7 Å². The van der Waals surface area contributed by atoms with Crippen LogP contribution in [0.2, 0.25) is 0 Å². The molecule has 0 aromatic heterocycles. The van der Waals surface area contributed by atoms with Crippen LogP contribution in [0.1, 0.15) is 49.3 Å². The van der Waals surface area contributed by atoms with Crippen LogP contribution in [0.25, 0.3) is 11.1 Å². The first-order valence-electron chi connectivity index (χ1n) is 11.7. The molecule has 2 aromatic rings. The van der Waals surface area contributed by atoms with Crippen LogP contribution in [0.3, 0.4) is 0 Å². The van der Waals surface area contributed by atoms with Crippen LogP contribution in [0.4, 0.5) is 10.5 Å². The topological polar surface area (TPSA) is 79.6 Å². The smallest absolute Gasteiger partial charge is 0.318 e. The molecule has 6 nitrogen and oxygen atoms in total. The van der Waals surface area contributed by atoms with E-state index in [4.69, 9.17) is 0 Å². The van der Waals surface area contributed by atoms with Gasteiger partial charge in [0.15, 0.2) is 0 Å². The highest BCUT2D eigenvalue weighted by Gasteiger charge is 2.48. The zero-order valence-corrected chi connectivity index (χ0v) is 18.5. The summed E-state index contributed by atoms with van der Waals surface area (Å²) in [5.41, 5.74) is 4.86. The van der Waals surface area contributed by atoms with E-state index in [-0.39, 0.29) is 36.7 Å². The summed E-state index contributed by atoms with van der Waals surface area (Å²) < 4.78 is 0. The Hall–Kier alpha value is -3.04. The Balaban J connectivity index is 1.53. The van der Waals surface area contributed by atoms with Crippen LogP contribution in [0.15, 0.2) is 42.5 Å². The van der Waals surface area contributed by atoms with Crippen LogP contribution in [0, 0.1) is 17.2 Å². The number of carbonyl (C=O) groups is 1. The van der Waals surface area contributed by atoms with E-state index < -0.39 is 0 Å². The van der Waals surface area contributed by atoms with Gasteiger partial charge in [0.05, 0.1) is 30.3 Å². The number of hydrogen-bond donors (Lipinski definition) is 2. The van der Waals surface area contributed by atoms with Crippen molar-refractivity contribution in [2.24, 2.45) is 5.92 Å². The minimum Gasteiger partial charge on any atom is -0.394 e. The second-order valence-electron chi connectivity index (χ2n) is 9.35. The van der Waals surface area contributed by atoms with Gasteiger partial charge in [-0.25, -0.2) is 4.79 Å². The van der Waals surface area contributed by atoms with Crippen molar-refractivity contribution in [3.63, 3.8) is 0 Å². The Labute approximate surface area is 189 Å². The molecule has 2 aromatic carbocycles. The standard InChI is InChI=1S/C26H30N4O2/c1-29-23-10-9-19(18-6-4-5-17(13-18)15-27)14-22(23)25-21(24(29)16-31)11-12-30(25)26(32)28-20-7-2-3-8-20/h4-6,9-10,13-14,20-21,24-25,31H,2-3,7-8,11-12,16H2,1H3,(H,28,32)/t21-,24-,25-/m0/s1. The summed E-state index contributed by atoms with van der Waals surface area (Å²) in [5.74, 6) is 0.188. The summed E-state index contributed by atoms with van der Waals surface area (Å²) in [4.78, 5) is 17.4. The van der Waals surface area contributed by atoms with Gasteiger partial charge in [-0.2, -0.15) is 5.26 Å². The van der Waals surface area contributed by atoms with Crippen molar-refractivity contribution in [2.75, 3.05) is 25.1 Å². The van der Waals surface area contributed by atoms with Gasteiger partial charge in [0.1, 0.15) is 0 Å². The van der Waals surface area contributed by atoms with Crippen molar-refractivity contribution in [3.05, 3.63) is 53.6 Å². The van der Waals surface area contributed by atoms with Crippen LogP contribution in [0.5, 0.6) is 0 Å². The number of amides is 2. The SMILES string of the molecule is CN1c2ccc(-c3cccc(C#N)c3)cc2[C@@H]2[C@@H](CCN2C(=O)NC2CCCC2)[C@@H]1CO. The second kappa shape index (κ2) is 8.48. The summed E-state index contributed by atoms with van der Waals surface area (Å²) >= 11 is 0. The molecule has 2 N–H and O–H groups in total. The number of nitriles is 1. The predicted octanol–water partition coefficient (Wildman–Crippen LogP) is 4.05. The molecule has 3 aliphatic rings. The zero-order chi connectivity index (χ0) is 22.2. The van der Waals surface area contributed by atoms with Crippen LogP contribution in [-0.4, -0.2) is 48.3 Å². The lowest BCUT2D eigenvalue weighted by Crippen LogP contribution is -2.50. The maximum absolute atomic E-state index is 13.3. The molecule has 166 valence electrons. The fourth-order valence-electron chi connectivity index (χ4n) is 5.96. The maximum Gasteiger partial charge on any atom is 0.318 e. The van der Waals surface area contributed by atoms with Crippen molar-refractivity contribution in [1.29, 1.82) is 5.26 Å². The Morgan fingerprint density at radius 2 is 1.94 bits per heavy atom. The van der Waals surface area contributed by atoms with E-state index in [0.29, 0.717) is 12.1 Å². The molecule has 1 saturated heterocycles. The molecular formula is C26H30N4O2. The number of nitrogens with zero attached hydrogens (tertiary/aromatic N) is 3. The number of nitrogens with one attached hydrogen (secondary N) is 1. The molecule has 2 fully saturated rings. The third-order valence-electron chi connectivity index (χ3n) is 7.62. The van der Waals surface area contributed by atoms with Gasteiger partial charge in [0.2, 0.25) is 0 Å². The summed E-state index contributed by atoms with van der Waals surface area (Å²) in [6.07, 6.45) is 5.37. The van der Waals surface area contributed by atoms with E-state index in [2.05, 4.69) is 34.5 Å². The van der Waals surface area contributed by atoms with Crippen LogP contribution < -0.4 is 10.2 Å². The summed E-state index contributed by atoms with van der Waals surface area (Å²) in [6.45, 7) is 0.771. The van der Waals surface area contributed by atoms with E-state index in [1.165, 1.54) is 12.8 Å². The van der Waals surface area contributed by atoms with Gasteiger partial charge in [0, 0.05) is 31.2 Å². The van der Waals surface area contributed by atoms with Crippen molar-refractivity contribution < 1.29 is 9.90 Å². The van der Waals surface area contributed by atoms with E-state index in [9.17, 15) is 15.2 Å². The van der Waals surface area contributed by atoms with Crippen molar-refractivity contribution in [3.8, 4) is 17.2 Å². The highest BCUT2D eigenvalue weighted by molar-refractivity contribution is 5.78. The van der Waals surface area contributed by atoms with Gasteiger partial charge in [-0.05, 0) is 60.2 Å². The first kappa shape index (κ1) is 20.8. The van der Waals surface area contributed by atoms with E-state index in [1.54, 1.807) is 0 Å². The van der Waals surface area contributed by atoms with Gasteiger partial charge >= 0.3 is 6.03 Å². The number of anilines is 1. The van der Waals surface area contributed by atoms with E-state index in [1.807, 2.05) is 36.2 Å². The first-order chi connectivity index (χ1) is 15.6. The largest absolute Gasteiger partial charge is 0.394 e. The molecule has 5 rings (SSSR count). The van der Waals surface area contributed by atoms with Gasteiger partial charge in [0.25, 0.3) is 0 Å². The quantitative estimate of drug-likeness (QED) is 0.770. The average Bonchev–Trinajstić information content (AvgIpc) is 3.49. The van der Waals surface area contributed by atoms with E-state index in [0.717, 1.165) is 41.6 Å². The number of likely N-dealkylation sites (tertiary alicyclic amines) is 1. The Morgan fingerprint density at radius 1 is 1.16 bits per heavy atom. The Morgan fingerprint density at radius 3 is 2.69 bits per heavy atom. The predicted molar refractivity (Wildman–Crippen MR) is 124 cm³/mol. The van der Waals surface area contributed by atoms with Crippen molar-refractivity contribution in [1.82, 2.24) is 10.2 Å². The number of urea groups is 1. The number of carbonyl (C=O) groups excluding carboxylic acids is 1. The molecule has 3 atom stereocenters. The normalized spacial score (nSPS) is 24.7. The molecular weight excluding hydrogens is 400 g/mol. The lowest BCUT2D eigenvalue weighted by Gasteiger charge is -2.44. The fourth-order valence-corrected chi connectivity index (χ4v) is 5.96. The summed E-state index contributed by atoms with van der Waals surface area (Å²) in [5, 5.41) is 22.7. The fraction of sp³-hybridized carbons (Fsp3) is 0.462. The van der Waals surface area contributed by atoms with Gasteiger partial charge in [-0.15, -0.1) is 0 Å². The lowest BCUT2D eigenvalue weighted by atomic mass is 9.81. The van der Waals surface area contributed by atoms with Crippen LogP contribution in [-0.2, 0) is 0 Å². The zero-order valence-electron chi connectivity index (χ0n) is 18.5. The highest BCUT2D eigenvalue weighted by Crippen LogP contribution is 2.49. The molecule has 32 heavy (non-hydrogen) atoms. The number of aliphatic hydroxyl groups excluding tert-OH is 1. The third-order valence-corrected chi connectivity index (χ3v) is 7.62. The monoisotopic (exact) mass is 430 g/mol. The Kier molecular flexibility index (Phi) is 5.52. The van der Waals surface area contributed by atoms with Gasteiger partial charge in [-0.1, -0.05) is 31.0 Å². The van der Waals surface area contributed by atoms with Crippen molar-refractivity contribution in [2.45, 2.75) is 50.2 Å². The molecule has 2 aliphatic heterocycles. The molecule has 1 aliphatic carbocycles. The minimum absolute atomic E-state index is 0.00968. The molecule has 0 radical (unpaired) electrons. The number of benzene rings is 2. The minimum atomic E-state index is -0.0566.